The molecule has 3 nitrogen and oxygen atoms in total. The molecule has 1 fully saturated rings. The van der Waals surface area contributed by atoms with Gasteiger partial charge in [-0.3, -0.25) is 4.90 Å². The molecule has 0 amide bonds. The number of aliphatic hydroxyl groups is 1. The molecule has 3 heteroatoms. The molecule has 4 heterocycles. The molecule has 0 radical (unpaired) electrons. The lowest BCUT2D eigenvalue weighted by atomic mass is 9.74. The van der Waals surface area contributed by atoms with Crippen molar-refractivity contribution >= 4 is 10.9 Å². The number of benzene rings is 1. The van der Waals surface area contributed by atoms with Crippen LogP contribution in [0.25, 0.3) is 10.9 Å². The Balaban J connectivity index is 1.99. The van der Waals surface area contributed by atoms with Crippen LogP contribution in [0.4, 0.5) is 0 Å². The first-order valence-corrected chi connectivity index (χ1v) is 7.81. The second kappa shape index (κ2) is 4.46. The van der Waals surface area contributed by atoms with Crippen molar-refractivity contribution in [1.29, 1.82) is 0 Å². The molecule has 5 rings (SSSR count). The van der Waals surface area contributed by atoms with Crippen LogP contribution in [0.15, 0.2) is 35.9 Å². The van der Waals surface area contributed by atoms with Crippen molar-refractivity contribution in [3.63, 3.8) is 0 Å². The highest BCUT2D eigenvalue weighted by Gasteiger charge is 2.43. The standard InChI is InChI=1S/C18H22N2O/c1-3-12-10-20-9-8-15(12)18(2,21)17-14(11-20)13-6-4-5-7-16(13)19-17/h3-7,15,19,21H,8-11H2,1-2H3/b12-3-. The molecule has 2 aromatic rings. The van der Waals surface area contributed by atoms with Gasteiger partial charge in [-0.25, -0.2) is 0 Å². The first-order chi connectivity index (χ1) is 10.1. The molecule has 110 valence electrons. The van der Waals surface area contributed by atoms with E-state index in [0.29, 0.717) is 0 Å². The summed E-state index contributed by atoms with van der Waals surface area (Å²) in [7, 11) is 0. The summed E-state index contributed by atoms with van der Waals surface area (Å²) >= 11 is 0. The van der Waals surface area contributed by atoms with Crippen LogP contribution in [0.1, 0.15) is 31.5 Å². The van der Waals surface area contributed by atoms with Crippen LogP contribution in [-0.4, -0.2) is 28.1 Å². The molecule has 0 aliphatic carbocycles. The van der Waals surface area contributed by atoms with Gasteiger partial charge in [0.1, 0.15) is 5.60 Å². The van der Waals surface area contributed by atoms with E-state index < -0.39 is 5.60 Å². The lowest BCUT2D eigenvalue weighted by Crippen LogP contribution is -2.46. The van der Waals surface area contributed by atoms with Crippen LogP contribution >= 0.6 is 0 Å². The summed E-state index contributed by atoms with van der Waals surface area (Å²) in [5.74, 6) is 0.214. The predicted molar refractivity (Wildman–Crippen MR) is 85.0 cm³/mol. The largest absolute Gasteiger partial charge is 0.383 e. The van der Waals surface area contributed by atoms with Gasteiger partial charge in [0.15, 0.2) is 0 Å². The third kappa shape index (κ3) is 1.81. The summed E-state index contributed by atoms with van der Waals surface area (Å²) in [4.78, 5) is 6.00. The number of aromatic amines is 1. The quantitative estimate of drug-likeness (QED) is 0.729. The van der Waals surface area contributed by atoms with Gasteiger partial charge in [-0.15, -0.1) is 0 Å². The molecule has 2 N–H and O–H groups in total. The fraction of sp³-hybridized carbons (Fsp3) is 0.444. The van der Waals surface area contributed by atoms with Crippen molar-refractivity contribution in [3.05, 3.63) is 47.2 Å². The smallest absolute Gasteiger partial charge is 0.108 e. The molecule has 1 aromatic heterocycles. The Morgan fingerprint density at radius 1 is 1.33 bits per heavy atom. The molecule has 0 spiro atoms. The van der Waals surface area contributed by atoms with Gasteiger partial charge < -0.3 is 10.1 Å². The highest BCUT2D eigenvalue weighted by Crippen LogP contribution is 2.44. The number of aromatic nitrogens is 1. The molecule has 3 aliphatic heterocycles. The second-order valence-electron chi connectivity index (χ2n) is 6.59. The van der Waals surface area contributed by atoms with Crippen molar-refractivity contribution in [2.45, 2.75) is 32.4 Å². The molecule has 3 aliphatic rings. The van der Waals surface area contributed by atoms with Crippen molar-refractivity contribution in [3.8, 4) is 0 Å². The third-order valence-corrected chi connectivity index (χ3v) is 5.34. The predicted octanol–water partition coefficient (Wildman–Crippen LogP) is 3.16. The Labute approximate surface area is 125 Å². The first kappa shape index (κ1) is 13.1. The molecule has 2 bridgehead atoms. The number of allylic oxidation sites excluding steroid dienone is 1. The number of H-pyrrole nitrogens is 1. The average molecular weight is 282 g/mol. The minimum absolute atomic E-state index is 0.214. The van der Waals surface area contributed by atoms with Gasteiger partial charge in [0, 0.05) is 29.9 Å². The summed E-state index contributed by atoms with van der Waals surface area (Å²) in [6, 6.07) is 8.39. The van der Waals surface area contributed by atoms with Crippen LogP contribution in [0.5, 0.6) is 0 Å². The van der Waals surface area contributed by atoms with Gasteiger partial charge in [0.25, 0.3) is 0 Å². The van der Waals surface area contributed by atoms with E-state index in [0.717, 1.165) is 37.3 Å². The van der Waals surface area contributed by atoms with Crippen LogP contribution in [-0.2, 0) is 12.1 Å². The molecule has 1 saturated heterocycles. The maximum atomic E-state index is 11.3. The highest BCUT2D eigenvalue weighted by atomic mass is 16.3. The maximum absolute atomic E-state index is 11.3. The Kier molecular flexibility index (Phi) is 2.78. The minimum atomic E-state index is -0.817. The summed E-state index contributed by atoms with van der Waals surface area (Å²) < 4.78 is 0. The van der Waals surface area contributed by atoms with Gasteiger partial charge in [-0.2, -0.15) is 0 Å². The van der Waals surface area contributed by atoms with Crippen molar-refractivity contribution in [2.24, 2.45) is 5.92 Å². The number of hydrogen-bond donors (Lipinski definition) is 2. The topological polar surface area (TPSA) is 39.3 Å². The second-order valence-corrected chi connectivity index (χ2v) is 6.59. The number of piperidine rings is 1. The maximum Gasteiger partial charge on any atom is 0.108 e. The Morgan fingerprint density at radius 2 is 2.14 bits per heavy atom. The van der Waals surface area contributed by atoms with Gasteiger partial charge in [-0.05, 0) is 38.4 Å². The number of fused-ring (bicyclic) bond motifs is 3. The van der Waals surface area contributed by atoms with E-state index in [1.165, 1.54) is 16.5 Å². The molecule has 3 atom stereocenters. The average Bonchev–Trinajstić information content (AvgIpc) is 2.85. The number of nitrogens with one attached hydrogen (secondary N) is 1. The zero-order valence-electron chi connectivity index (χ0n) is 12.7. The first-order valence-electron chi connectivity index (χ1n) is 7.81. The Hall–Kier alpha value is -1.58. The lowest BCUT2D eigenvalue weighted by Gasteiger charge is -2.44. The highest BCUT2D eigenvalue weighted by molar-refractivity contribution is 5.85. The zero-order chi connectivity index (χ0) is 14.6. The van der Waals surface area contributed by atoms with E-state index in [1.807, 2.05) is 13.0 Å². The SMILES string of the molecule is C/C=C1/CN2CCC1C(C)(O)c1[nH]c3ccccc3c1C2. The summed E-state index contributed by atoms with van der Waals surface area (Å²) in [5.41, 5.74) is 3.97. The van der Waals surface area contributed by atoms with E-state index in [2.05, 4.69) is 41.1 Å². The molecule has 1 aromatic carbocycles. The van der Waals surface area contributed by atoms with E-state index in [9.17, 15) is 5.11 Å². The molecule has 0 saturated carbocycles. The van der Waals surface area contributed by atoms with Crippen molar-refractivity contribution in [2.75, 3.05) is 13.1 Å². The van der Waals surface area contributed by atoms with E-state index in [4.69, 9.17) is 0 Å². The van der Waals surface area contributed by atoms with E-state index >= 15 is 0 Å². The number of rotatable bonds is 0. The van der Waals surface area contributed by atoms with Crippen molar-refractivity contribution in [1.82, 2.24) is 9.88 Å². The lowest BCUT2D eigenvalue weighted by molar-refractivity contribution is -0.0203. The van der Waals surface area contributed by atoms with Gasteiger partial charge in [0.05, 0.1) is 5.69 Å². The molecule has 3 unspecified atom stereocenters. The van der Waals surface area contributed by atoms with Crippen LogP contribution < -0.4 is 0 Å². The molecular weight excluding hydrogens is 260 g/mol. The van der Waals surface area contributed by atoms with Gasteiger partial charge in [-0.1, -0.05) is 29.8 Å². The fourth-order valence-corrected chi connectivity index (χ4v) is 4.21. The van der Waals surface area contributed by atoms with Crippen molar-refractivity contribution < 1.29 is 5.11 Å². The number of nitrogens with zero attached hydrogens (tertiary/aromatic N) is 1. The van der Waals surface area contributed by atoms with E-state index in [1.54, 1.807) is 0 Å². The van der Waals surface area contributed by atoms with Gasteiger partial charge in [0.2, 0.25) is 0 Å². The van der Waals surface area contributed by atoms with Crippen LogP contribution in [0.2, 0.25) is 0 Å². The summed E-state index contributed by atoms with van der Waals surface area (Å²) in [5, 5.41) is 12.6. The molecular formula is C18H22N2O. The zero-order valence-corrected chi connectivity index (χ0v) is 12.7. The minimum Gasteiger partial charge on any atom is -0.383 e. The summed E-state index contributed by atoms with van der Waals surface area (Å²) in [6.45, 7) is 7.04. The summed E-state index contributed by atoms with van der Waals surface area (Å²) in [6.07, 6.45) is 3.22. The monoisotopic (exact) mass is 282 g/mol. The number of para-hydroxylation sites is 1. The Morgan fingerprint density at radius 3 is 2.95 bits per heavy atom. The fourth-order valence-electron chi connectivity index (χ4n) is 4.21. The molecule has 21 heavy (non-hydrogen) atoms. The normalized spacial score (nSPS) is 34.0. The number of hydrogen-bond acceptors (Lipinski definition) is 2. The van der Waals surface area contributed by atoms with Crippen LogP contribution in [0, 0.1) is 5.92 Å². The third-order valence-electron chi connectivity index (χ3n) is 5.34. The van der Waals surface area contributed by atoms with E-state index in [-0.39, 0.29) is 5.92 Å². The van der Waals surface area contributed by atoms with Crippen LogP contribution in [0.3, 0.4) is 0 Å². The van der Waals surface area contributed by atoms with Gasteiger partial charge >= 0.3 is 0 Å². The Bertz CT molecular complexity index is 726.